The van der Waals surface area contributed by atoms with Crippen molar-refractivity contribution in [3.63, 3.8) is 0 Å². The van der Waals surface area contributed by atoms with Gasteiger partial charge < -0.3 is 5.11 Å². The first kappa shape index (κ1) is 12.4. The average molecular weight is 339 g/mol. The van der Waals surface area contributed by atoms with E-state index in [1.807, 2.05) is 25.1 Å². The Balaban J connectivity index is 2.03. The first-order valence-corrected chi connectivity index (χ1v) is 8.00. The Bertz CT molecular complexity index is 646. The van der Waals surface area contributed by atoms with Gasteiger partial charge >= 0.3 is 0 Å². The normalized spacial score (nSPS) is 13.1. The van der Waals surface area contributed by atoms with E-state index in [0.29, 0.717) is 0 Å². The summed E-state index contributed by atoms with van der Waals surface area (Å²) in [5.41, 5.74) is 1.18. The number of hydrogen-bond acceptors (Lipinski definition) is 3. The molecule has 3 aromatic rings. The molecule has 4 heteroatoms. The molecule has 0 aliphatic heterocycles. The smallest absolute Gasteiger partial charge is 0.122 e. The lowest BCUT2D eigenvalue weighted by molar-refractivity contribution is 0.228. The molecular formula is C14H11BrOS2. The maximum atomic E-state index is 10.4. The third-order valence-corrected chi connectivity index (χ3v) is 6.22. The second-order valence-electron chi connectivity index (χ2n) is 4.19. The average Bonchev–Trinajstić information content (AvgIpc) is 2.93. The van der Waals surface area contributed by atoms with E-state index in [-0.39, 0.29) is 0 Å². The van der Waals surface area contributed by atoms with Gasteiger partial charge in [-0.3, -0.25) is 0 Å². The molecular weight excluding hydrogens is 328 g/mol. The fraction of sp³-hybridized carbons (Fsp3) is 0.143. The first-order valence-electron chi connectivity index (χ1n) is 5.57. The fourth-order valence-electron chi connectivity index (χ4n) is 1.90. The van der Waals surface area contributed by atoms with Gasteiger partial charge in [-0.25, -0.2) is 0 Å². The Morgan fingerprint density at radius 3 is 2.50 bits per heavy atom. The Kier molecular flexibility index (Phi) is 3.28. The molecule has 1 N–H and O–H groups in total. The highest BCUT2D eigenvalue weighted by Crippen LogP contribution is 2.38. The van der Waals surface area contributed by atoms with Crippen LogP contribution in [0.1, 0.15) is 21.4 Å². The molecule has 1 atom stereocenters. The van der Waals surface area contributed by atoms with Crippen molar-refractivity contribution in [1.82, 2.24) is 0 Å². The minimum Gasteiger partial charge on any atom is -0.382 e. The number of halogens is 1. The maximum Gasteiger partial charge on any atom is 0.122 e. The summed E-state index contributed by atoms with van der Waals surface area (Å²) >= 11 is 6.76. The molecule has 2 aromatic heterocycles. The van der Waals surface area contributed by atoms with Crippen LogP contribution < -0.4 is 0 Å². The molecule has 0 aliphatic carbocycles. The number of aliphatic hydroxyl groups is 1. The summed E-state index contributed by atoms with van der Waals surface area (Å²) in [6.45, 7) is 2.04. The number of fused-ring (bicyclic) bond motifs is 1. The van der Waals surface area contributed by atoms with Gasteiger partial charge in [0.15, 0.2) is 0 Å². The largest absolute Gasteiger partial charge is 0.382 e. The monoisotopic (exact) mass is 338 g/mol. The predicted octanol–water partition coefficient (Wildman–Crippen LogP) is 5.12. The van der Waals surface area contributed by atoms with Crippen molar-refractivity contribution in [2.45, 2.75) is 13.0 Å². The van der Waals surface area contributed by atoms with E-state index in [2.05, 4.69) is 34.1 Å². The van der Waals surface area contributed by atoms with Crippen LogP contribution >= 0.6 is 38.6 Å². The fourth-order valence-corrected chi connectivity index (χ4v) is 4.62. The van der Waals surface area contributed by atoms with Gasteiger partial charge in [0.05, 0.1) is 3.79 Å². The van der Waals surface area contributed by atoms with Crippen LogP contribution in [0, 0.1) is 6.92 Å². The molecule has 0 fully saturated rings. The van der Waals surface area contributed by atoms with Gasteiger partial charge in [0.1, 0.15) is 6.10 Å². The van der Waals surface area contributed by atoms with Gasteiger partial charge in [0, 0.05) is 14.5 Å². The van der Waals surface area contributed by atoms with Crippen LogP contribution in [-0.4, -0.2) is 5.11 Å². The third kappa shape index (κ3) is 2.14. The molecule has 92 valence electrons. The summed E-state index contributed by atoms with van der Waals surface area (Å²) in [5, 5.41) is 11.6. The van der Waals surface area contributed by atoms with Crippen LogP contribution in [0.3, 0.4) is 0 Å². The number of hydrogen-bond donors (Lipinski definition) is 1. The summed E-state index contributed by atoms with van der Waals surface area (Å²) in [4.78, 5) is 2.00. The standard InChI is InChI=1S/C14H11BrOS2/c1-8-6-11(18-14(8)15)13(16)12-7-9-4-2-3-5-10(9)17-12/h2-7,13,16H,1H3. The molecule has 0 aliphatic rings. The van der Waals surface area contributed by atoms with Gasteiger partial charge in [-0.15, -0.1) is 22.7 Å². The molecule has 3 rings (SSSR count). The molecule has 1 unspecified atom stereocenters. The molecule has 0 amide bonds. The molecule has 0 saturated carbocycles. The lowest BCUT2D eigenvalue weighted by Crippen LogP contribution is -1.92. The minimum absolute atomic E-state index is 0.516. The number of rotatable bonds is 2. The van der Waals surface area contributed by atoms with E-state index in [1.165, 1.54) is 15.6 Å². The second-order valence-corrected chi connectivity index (χ2v) is 7.71. The number of thiophene rings is 2. The van der Waals surface area contributed by atoms with Crippen molar-refractivity contribution in [2.24, 2.45) is 0 Å². The highest BCUT2D eigenvalue weighted by molar-refractivity contribution is 9.11. The molecule has 1 aromatic carbocycles. The molecule has 0 spiro atoms. The quantitative estimate of drug-likeness (QED) is 0.687. The summed E-state index contributed by atoms with van der Waals surface area (Å²) < 4.78 is 2.32. The van der Waals surface area contributed by atoms with Crippen molar-refractivity contribution in [3.05, 3.63) is 55.5 Å². The van der Waals surface area contributed by atoms with Crippen LogP contribution in [0.2, 0.25) is 0 Å². The van der Waals surface area contributed by atoms with Crippen molar-refractivity contribution in [2.75, 3.05) is 0 Å². The highest BCUT2D eigenvalue weighted by Gasteiger charge is 2.16. The van der Waals surface area contributed by atoms with Crippen molar-refractivity contribution >= 4 is 48.7 Å². The molecule has 2 heterocycles. The topological polar surface area (TPSA) is 20.2 Å². The zero-order valence-corrected chi connectivity index (χ0v) is 12.9. The van der Waals surface area contributed by atoms with Gasteiger partial charge in [0.25, 0.3) is 0 Å². The summed E-state index contributed by atoms with van der Waals surface area (Å²) in [6.07, 6.45) is -0.516. The summed E-state index contributed by atoms with van der Waals surface area (Å²) in [5.74, 6) is 0. The highest BCUT2D eigenvalue weighted by atomic mass is 79.9. The Morgan fingerprint density at radius 2 is 1.83 bits per heavy atom. The van der Waals surface area contributed by atoms with E-state index in [4.69, 9.17) is 0 Å². The van der Waals surface area contributed by atoms with Crippen molar-refractivity contribution in [3.8, 4) is 0 Å². The Morgan fingerprint density at radius 1 is 1.11 bits per heavy atom. The van der Waals surface area contributed by atoms with Gasteiger partial charge in [-0.2, -0.15) is 0 Å². The minimum atomic E-state index is -0.516. The number of aryl methyl sites for hydroxylation is 1. The van der Waals surface area contributed by atoms with Crippen LogP contribution in [0.4, 0.5) is 0 Å². The second kappa shape index (κ2) is 4.78. The Labute approximate surface area is 122 Å². The first-order chi connectivity index (χ1) is 8.65. The van der Waals surface area contributed by atoms with Crippen molar-refractivity contribution < 1.29 is 5.11 Å². The van der Waals surface area contributed by atoms with Crippen LogP contribution in [0.25, 0.3) is 10.1 Å². The van der Waals surface area contributed by atoms with E-state index >= 15 is 0 Å². The van der Waals surface area contributed by atoms with Crippen LogP contribution in [0.5, 0.6) is 0 Å². The molecule has 18 heavy (non-hydrogen) atoms. The number of benzene rings is 1. The maximum absolute atomic E-state index is 10.4. The third-order valence-electron chi connectivity index (χ3n) is 2.86. The molecule has 0 radical (unpaired) electrons. The lowest BCUT2D eigenvalue weighted by atomic mass is 10.2. The van der Waals surface area contributed by atoms with E-state index < -0.39 is 6.10 Å². The summed E-state index contributed by atoms with van der Waals surface area (Å²) in [6, 6.07) is 12.3. The van der Waals surface area contributed by atoms with Gasteiger partial charge in [0.2, 0.25) is 0 Å². The van der Waals surface area contributed by atoms with E-state index in [1.54, 1.807) is 22.7 Å². The SMILES string of the molecule is Cc1cc(C(O)c2cc3ccccc3s2)sc1Br. The van der Waals surface area contributed by atoms with Crippen LogP contribution in [0.15, 0.2) is 40.2 Å². The number of aliphatic hydroxyl groups excluding tert-OH is 1. The zero-order valence-electron chi connectivity index (χ0n) is 9.68. The Hall–Kier alpha value is -0.680. The molecule has 0 saturated heterocycles. The zero-order chi connectivity index (χ0) is 12.7. The summed E-state index contributed by atoms with van der Waals surface area (Å²) in [7, 11) is 0. The lowest BCUT2D eigenvalue weighted by Gasteiger charge is -2.04. The molecule has 0 bridgehead atoms. The van der Waals surface area contributed by atoms with E-state index in [9.17, 15) is 5.11 Å². The van der Waals surface area contributed by atoms with Crippen molar-refractivity contribution in [1.29, 1.82) is 0 Å². The van der Waals surface area contributed by atoms with Gasteiger partial charge in [-0.05, 0) is 52.0 Å². The van der Waals surface area contributed by atoms with E-state index in [0.717, 1.165) is 13.5 Å². The van der Waals surface area contributed by atoms with Crippen LogP contribution in [-0.2, 0) is 0 Å². The molecule has 1 nitrogen and oxygen atoms in total. The predicted molar refractivity (Wildman–Crippen MR) is 82.6 cm³/mol. The van der Waals surface area contributed by atoms with Gasteiger partial charge in [-0.1, -0.05) is 18.2 Å².